The van der Waals surface area contributed by atoms with E-state index >= 15 is 0 Å². The predicted molar refractivity (Wildman–Crippen MR) is 81.9 cm³/mol. The van der Waals surface area contributed by atoms with Crippen molar-refractivity contribution in [2.45, 2.75) is 18.6 Å². The van der Waals surface area contributed by atoms with E-state index in [4.69, 9.17) is 0 Å². The smallest absolute Gasteiger partial charge is 0.228 e. The third-order valence-electron chi connectivity index (χ3n) is 3.33. The van der Waals surface area contributed by atoms with E-state index in [9.17, 15) is 4.79 Å². The Morgan fingerprint density at radius 2 is 2.20 bits per heavy atom. The van der Waals surface area contributed by atoms with Gasteiger partial charge in [-0.25, -0.2) is 9.97 Å². The third kappa shape index (κ3) is 2.54. The van der Waals surface area contributed by atoms with Crippen molar-refractivity contribution in [3.8, 4) is 11.3 Å². The van der Waals surface area contributed by atoms with Crippen molar-refractivity contribution in [1.82, 2.24) is 9.97 Å². The Morgan fingerprint density at radius 3 is 2.90 bits per heavy atom. The molecule has 3 rings (SSSR count). The molecular formula is C15H15N3OS. The second-order valence-electron chi connectivity index (χ2n) is 4.90. The van der Waals surface area contributed by atoms with Gasteiger partial charge in [-0.3, -0.25) is 4.79 Å². The van der Waals surface area contributed by atoms with Gasteiger partial charge in [0.15, 0.2) is 0 Å². The molecule has 0 N–H and O–H groups in total. The lowest BCUT2D eigenvalue weighted by Crippen LogP contribution is -2.24. The van der Waals surface area contributed by atoms with E-state index in [-0.39, 0.29) is 11.2 Å². The molecule has 1 aliphatic heterocycles. The van der Waals surface area contributed by atoms with Crippen LogP contribution >= 0.6 is 12.6 Å². The highest BCUT2D eigenvalue weighted by atomic mass is 32.1. The second-order valence-corrected chi connectivity index (χ2v) is 5.63. The van der Waals surface area contributed by atoms with Crippen molar-refractivity contribution in [2.75, 3.05) is 11.4 Å². The number of carbonyl (C=O) groups is 1. The normalized spacial score (nSPS) is 18.6. The van der Waals surface area contributed by atoms with Crippen LogP contribution in [0.4, 0.5) is 5.69 Å². The zero-order valence-corrected chi connectivity index (χ0v) is 12.0. The van der Waals surface area contributed by atoms with Gasteiger partial charge in [-0.05, 0) is 25.1 Å². The van der Waals surface area contributed by atoms with E-state index in [1.54, 1.807) is 11.1 Å². The molecule has 1 unspecified atom stereocenters. The number of amides is 1. The first-order valence-electron chi connectivity index (χ1n) is 6.52. The van der Waals surface area contributed by atoms with E-state index < -0.39 is 0 Å². The van der Waals surface area contributed by atoms with Crippen LogP contribution in [0.2, 0.25) is 0 Å². The molecule has 2 heterocycles. The summed E-state index contributed by atoms with van der Waals surface area (Å²) in [6, 6.07) is 9.75. The largest absolute Gasteiger partial charge is 0.311 e. The van der Waals surface area contributed by atoms with Crippen LogP contribution in [0.1, 0.15) is 12.2 Å². The Hall–Kier alpha value is -1.88. The van der Waals surface area contributed by atoms with Crippen LogP contribution in [0.25, 0.3) is 11.3 Å². The van der Waals surface area contributed by atoms with E-state index in [0.29, 0.717) is 13.0 Å². The van der Waals surface area contributed by atoms with Gasteiger partial charge in [0.05, 0.1) is 5.69 Å². The summed E-state index contributed by atoms with van der Waals surface area (Å²) >= 11 is 4.39. The Morgan fingerprint density at radius 1 is 1.35 bits per heavy atom. The highest BCUT2D eigenvalue weighted by Crippen LogP contribution is 2.27. The van der Waals surface area contributed by atoms with Crippen LogP contribution in [0.5, 0.6) is 0 Å². The summed E-state index contributed by atoms with van der Waals surface area (Å²) in [5.74, 6) is 0.863. The summed E-state index contributed by atoms with van der Waals surface area (Å²) in [6.45, 7) is 2.52. The molecule has 1 amide bonds. The predicted octanol–water partition coefficient (Wildman–Crippen LogP) is 2.49. The molecule has 1 aliphatic rings. The van der Waals surface area contributed by atoms with Crippen LogP contribution in [-0.4, -0.2) is 27.7 Å². The first-order chi connectivity index (χ1) is 9.63. The molecule has 2 aromatic rings. The topological polar surface area (TPSA) is 46.1 Å². The molecule has 20 heavy (non-hydrogen) atoms. The van der Waals surface area contributed by atoms with Gasteiger partial charge in [-0.2, -0.15) is 12.6 Å². The van der Waals surface area contributed by atoms with E-state index in [0.717, 1.165) is 22.8 Å². The van der Waals surface area contributed by atoms with Gasteiger partial charge >= 0.3 is 0 Å². The number of hydrogen-bond donors (Lipinski definition) is 1. The van der Waals surface area contributed by atoms with Crippen molar-refractivity contribution < 1.29 is 4.79 Å². The summed E-state index contributed by atoms with van der Waals surface area (Å²) in [5.41, 5.74) is 2.76. The van der Waals surface area contributed by atoms with Gasteiger partial charge in [0.25, 0.3) is 0 Å². The van der Waals surface area contributed by atoms with Gasteiger partial charge in [0, 0.05) is 35.7 Å². The monoisotopic (exact) mass is 285 g/mol. The molecule has 1 aromatic carbocycles. The molecule has 0 bridgehead atoms. The van der Waals surface area contributed by atoms with Gasteiger partial charge in [0.1, 0.15) is 5.82 Å². The Labute approximate surface area is 123 Å². The van der Waals surface area contributed by atoms with Gasteiger partial charge in [0.2, 0.25) is 5.91 Å². The Balaban J connectivity index is 1.96. The molecule has 0 radical (unpaired) electrons. The summed E-state index contributed by atoms with van der Waals surface area (Å²) in [7, 11) is 0. The van der Waals surface area contributed by atoms with Crippen LogP contribution in [-0.2, 0) is 4.79 Å². The highest BCUT2D eigenvalue weighted by Gasteiger charge is 2.28. The van der Waals surface area contributed by atoms with Crippen LogP contribution in [0, 0.1) is 6.92 Å². The maximum Gasteiger partial charge on any atom is 0.228 e. The number of nitrogens with zero attached hydrogens (tertiary/aromatic N) is 3. The summed E-state index contributed by atoms with van der Waals surface area (Å²) < 4.78 is 0. The zero-order chi connectivity index (χ0) is 14.1. The van der Waals surface area contributed by atoms with Crippen LogP contribution in [0.15, 0.2) is 36.5 Å². The van der Waals surface area contributed by atoms with E-state index in [1.165, 1.54) is 0 Å². The van der Waals surface area contributed by atoms with Crippen molar-refractivity contribution >= 4 is 24.2 Å². The van der Waals surface area contributed by atoms with Crippen molar-refractivity contribution in [1.29, 1.82) is 0 Å². The lowest BCUT2D eigenvalue weighted by atomic mass is 10.1. The molecule has 0 saturated carbocycles. The van der Waals surface area contributed by atoms with Crippen molar-refractivity contribution in [3.63, 3.8) is 0 Å². The van der Waals surface area contributed by atoms with Gasteiger partial charge in [-0.1, -0.05) is 12.1 Å². The van der Waals surface area contributed by atoms with E-state index in [2.05, 4.69) is 22.6 Å². The number of rotatable bonds is 2. The minimum Gasteiger partial charge on any atom is -0.311 e. The molecule has 0 spiro atoms. The minimum absolute atomic E-state index is 0.118. The first-order valence-corrected chi connectivity index (χ1v) is 7.03. The van der Waals surface area contributed by atoms with Gasteiger partial charge in [-0.15, -0.1) is 0 Å². The number of benzene rings is 1. The first kappa shape index (κ1) is 13.1. The summed E-state index contributed by atoms with van der Waals surface area (Å²) in [6.07, 6.45) is 2.25. The fourth-order valence-corrected chi connectivity index (χ4v) is 2.71. The average molecular weight is 285 g/mol. The maximum atomic E-state index is 11.9. The molecule has 4 nitrogen and oxygen atoms in total. The number of hydrogen-bond acceptors (Lipinski definition) is 4. The fraction of sp³-hybridized carbons (Fsp3) is 0.267. The van der Waals surface area contributed by atoms with Gasteiger partial charge < -0.3 is 4.90 Å². The fourth-order valence-electron chi connectivity index (χ4n) is 2.39. The third-order valence-corrected chi connectivity index (χ3v) is 3.68. The molecule has 102 valence electrons. The number of thiol groups is 1. The number of aromatic nitrogens is 2. The molecule has 1 fully saturated rings. The van der Waals surface area contributed by atoms with Crippen LogP contribution < -0.4 is 4.90 Å². The maximum absolute atomic E-state index is 11.9. The Kier molecular flexibility index (Phi) is 3.44. The second kappa shape index (κ2) is 5.25. The Bertz CT molecular complexity index is 659. The standard InChI is InChI=1S/C15H15N3OS/c1-10-16-6-5-14(17-10)11-3-2-4-12(7-11)18-9-13(20)8-15(18)19/h2-7,13,20H,8-9H2,1H3. The SMILES string of the molecule is Cc1nccc(-c2cccc(N3CC(S)CC3=O)c2)n1. The molecular weight excluding hydrogens is 270 g/mol. The summed E-state index contributed by atoms with van der Waals surface area (Å²) in [4.78, 5) is 22.2. The lowest BCUT2D eigenvalue weighted by Gasteiger charge is -2.17. The number of aryl methyl sites for hydroxylation is 1. The molecule has 5 heteroatoms. The highest BCUT2D eigenvalue weighted by molar-refractivity contribution is 7.81. The zero-order valence-electron chi connectivity index (χ0n) is 11.2. The summed E-state index contributed by atoms with van der Waals surface area (Å²) in [5, 5.41) is 0.118. The number of carbonyl (C=O) groups excluding carboxylic acids is 1. The molecule has 1 saturated heterocycles. The number of anilines is 1. The van der Waals surface area contributed by atoms with Crippen molar-refractivity contribution in [2.24, 2.45) is 0 Å². The van der Waals surface area contributed by atoms with E-state index in [1.807, 2.05) is 37.3 Å². The van der Waals surface area contributed by atoms with Crippen molar-refractivity contribution in [3.05, 3.63) is 42.4 Å². The molecule has 1 atom stereocenters. The molecule has 1 aromatic heterocycles. The minimum atomic E-state index is 0.118. The lowest BCUT2D eigenvalue weighted by molar-refractivity contribution is -0.117. The van der Waals surface area contributed by atoms with Crippen LogP contribution in [0.3, 0.4) is 0 Å². The average Bonchev–Trinajstić information content (AvgIpc) is 2.78. The molecule has 0 aliphatic carbocycles. The quantitative estimate of drug-likeness (QED) is 0.862.